The molecule has 0 unspecified atom stereocenters. The van der Waals surface area contributed by atoms with Crippen molar-refractivity contribution in [2.75, 3.05) is 0 Å². The molecular weight excluding hydrogens is 160 g/mol. The molecule has 2 heteroatoms. The van der Waals surface area contributed by atoms with Crippen LogP contribution in [0, 0.1) is 0 Å². The molecule has 1 heterocycles. The Hall–Kier alpha value is -0.890. The summed E-state index contributed by atoms with van der Waals surface area (Å²) >= 11 is 0. The van der Waals surface area contributed by atoms with Crippen molar-refractivity contribution in [1.82, 2.24) is 4.98 Å². The van der Waals surface area contributed by atoms with Gasteiger partial charge in [0.05, 0.1) is 0 Å². The van der Waals surface area contributed by atoms with Crippen LogP contribution in [0.5, 0.6) is 0 Å². The van der Waals surface area contributed by atoms with Crippen molar-refractivity contribution in [3.05, 3.63) is 30.1 Å². The quantitative estimate of drug-likeness (QED) is 0.767. The minimum atomic E-state index is -0.108. The molecule has 1 rings (SSSR count). The summed E-state index contributed by atoms with van der Waals surface area (Å²) in [7, 11) is 0. The predicted molar refractivity (Wildman–Crippen MR) is 55.4 cm³/mol. The van der Waals surface area contributed by atoms with Crippen molar-refractivity contribution in [1.29, 1.82) is 0 Å². The zero-order chi connectivity index (χ0) is 9.73. The second kappa shape index (κ2) is 4.38. The maximum absolute atomic E-state index is 6.12. The van der Waals surface area contributed by atoms with Crippen LogP contribution in [0.1, 0.15) is 32.4 Å². The van der Waals surface area contributed by atoms with Crippen molar-refractivity contribution >= 4 is 0 Å². The Bertz CT molecular complexity index is 242. The highest BCUT2D eigenvalue weighted by Crippen LogP contribution is 2.13. The van der Waals surface area contributed by atoms with Crippen LogP contribution in [-0.4, -0.2) is 10.5 Å². The third-order valence-electron chi connectivity index (χ3n) is 2.13. The third-order valence-corrected chi connectivity index (χ3v) is 2.13. The van der Waals surface area contributed by atoms with Gasteiger partial charge in [-0.1, -0.05) is 19.4 Å². The fraction of sp³-hybridized carbons (Fsp3) is 0.545. The molecule has 1 aromatic heterocycles. The predicted octanol–water partition coefficient (Wildman–Crippen LogP) is 2.14. The Morgan fingerprint density at radius 3 is 2.77 bits per heavy atom. The van der Waals surface area contributed by atoms with E-state index in [1.54, 1.807) is 0 Å². The molecule has 0 bridgehead atoms. The summed E-state index contributed by atoms with van der Waals surface area (Å²) in [6.45, 7) is 4.24. The highest BCUT2D eigenvalue weighted by Gasteiger charge is 2.17. The first-order valence-electron chi connectivity index (χ1n) is 4.83. The highest BCUT2D eigenvalue weighted by molar-refractivity contribution is 5.07. The van der Waals surface area contributed by atoms with Crippen LogP contribution in [0.25, 0.3) is 0 Å². The second-order valence-corrected chi connectivity index (χ2v) is 3.90. The zero-order valence-corrected chi connectivity index (χ0v) is 8.46. The molecule has 2 nitrogen and oxygen atoms in total. The monoisotopic (exact) mass is 178 g/mol. The summed E-state index contributed by atoms with van der Waals surface area (Å²) in [5.41, 5.74) is 7.10. The largest absolute Gasteiger partial charge is 0.325 e. The minimum Gasteiger partial charge on any atom is -0.325 e. The fourth-order valence-electron chi connectivity index (χ4n) is 1.58. The van der Waals surface area contributed by atoms with Crippen LogP contribution >= 0.6 is 0 Å². The van der Waals surface area contributed by atoms with E-state index in [4.69, 9.17) is 5.73 Å². The van der Waals surface area contributed by atoms with Crippen LogP contribution in [0.4, 0.5) is 0 Å². The third kappa shape index (κ3) is 3.55. The van der Waals surface area contributed by atoms with Gasteiger partial charge >= 0.3 is 0 Å². The molecule has 0 aromatic carbocycles. The van der Waals surface area contributed by atoms with Gasteiger partial charge in [-0.3, -0.25) is 4.98 Å². The Labute approximate surface area is 80.2 Å². The molecule has 1 atom stereocenters. The Morgan fingerprint density at radius 1 is 1.46 bits per heavy atom. The zero-order valence-electron chi connectivity index (χ0n) is 8.46. The van der Waals surface area contributed by atoms with Gasteiger partial charge in [0.2, 0.25) is 0 Å². The lowest BCUT2D eigenvalue weighted by Crippen LogP contribution is -2.38. The normalized spacial score (nSPS) is 15.3. The number of rotatable bonds is 4. The van der Waals surface area contributed by atoms with Crippen molar-refractivity contribution in [2.24, 2.45) is 5.73 Å². The molecule has 1 aromatic rings. The van der Waals surface area contributed by atoms with Crippen LogP contribution < -0.4 is 5.73 Å². The first kappa shape index (κ1) is 10.2. The van der Waals surface area contributed by atoms with Crippen LogP contribution in [0.3, 0.4) is 0 Å². The minimum absolute atomic E-state index is 0.108. The number of hydrogen-bond donors (Lipinski definition) is 1. The molecule has 0 radical (unpaired) electrons. The van der Waals surface area contributed by atoms with Gasteiger partial charge in [0.15, 0.2) is 0 Å². The molecule has 0 amide bonds. The van der Waals surface area contributed by atoms with Crippen LogP contribution in [0.2, 0.25) is 0 Å². The number of hydrogen-bond acceptors (Lipinski definition) is 2. The van der Waals surface area contributed by atoms with E-state index in [2.05, 4.69) is 18.8 Å². The van der Waals surface area contributed by atoms with E-state index < -0.39 is 0 Å². The standard InChI is InChI=1S/C11H18N2/c1-3-7-11(2,12)9-10-6-4-5-8-13-10/h4-6,8H,3,7,9,12H2,1-2H3/t11-/m0/s1. The van der Waals surface area contributed by atoms with E-state index in [1.165, 1.54) is 0 Å². The lowest BCUT2D eigenvalue weighted by Gasteiger charge is -2.23. The SMILES string of the molecule is CCC[C@](C)(N)Cc1ccccn1. The highest BCUT2D eigenvalue weighted by atomic mass is 14.7. The van der Waals surface area contributed by atoms with Gasteiger partial charge < -0.3 is 5.73 Å². The Morgan fingerprint density at radius 2 is 2.23 bits per heavy atom. The van der Waals surface area contributed by atoms with Gasteiger partial charge in [-0.15, -0.1) is 0 Å². The average Bonchev–Trinajstić information content (AvgIpc) is 2.04. The van der Waals surface area contributed by atoms with E-state index in [0.717, 1.165) is 25.0 Å². The van der Waals surface area contributed by atoms with E-state index in [9.17, 15) is 0 Å². The smallest absolute Gasteiger partial charge is 0.0421 e. The van der Waals surface area contributed by atoms with Crippen molar-refractivity contribution < 1.29 is 0 Å². The Kier molecular flexibility index (Phi) is 3.43. The lowest BCUT2D eigenvalue weighted by atomic mass is 9.92. The molecule has 72 valence electrons. The first-order valence-corrected chi connectivity index (χ1v) is 4.83. The van der Waals surface area contributed by atoms with Gasteiger partial charge in [-0.05, 0) is 25.5 Å². The molecular formula is C11H18N2. The van der Waals surface area contributed by atoms with Gasteiger partial charge in [0, 0.05) is 23.9 Å². The molecule has 0 fully saturated rings. The maximum Gasteiger partial charge on any atom is 0.0421 e. The molecule has 0 aliphatic carbocycles. The summed E-state index contributed by atoms with van der Waals surface area (Å²) in [5, 5.41) is 0. The van der Waals surface area contributed by atoms with E-state index in [1.807, 2.05) is 24.4 Å². The average molecular weight is 178 g/mol. The van der Waals surface area contributed by atoms with Crippen molar-refractivity contribution in [3.63, 3.8) is 0 Å². The molecule has 0 saturated heterocycles. The molecule has 0 saturated carbocycles. The summed E-state index contributed by atoms with van der Waals surface area (Å²) < 4.78 is 0. The van der Waals surface area contributed by atoms with Crippen molar-refractivity contribution in [3.8, 4) is 0 Å². The second-order valence-electron chi connectivity index (χ2n) is 3.90. The van der Waals surface area contributed by atoms with Gasteiger partial charge in [-0.2, -0.15) is 0 Å². The van der Waals surface area contributed by atoms with Crippen LogP contribution in [-0.2, 0) is 6.42 Å². The van der Waals surface area contributed by atoms with Gasteiger partial charge in [0.1, 0.15) is 0 Å². The number of pyridine rings is 1. The van der Waals surface area contributed by atoms with Crippen molar-refractivity contribution in [2.45, 2.75) is 38.6 Å². The Balaban J connectivity index is 2.58. The van der Waals surface area contributed by atoms with Crippen LogP contribution in [0.15, 0.2) is 24.4 Å². The topological polar surface area (TPSA) is 38.9 Å². The number of aromatic nitrogens is 1. The van der Waals surface area contributed by atoms with E-state index in [-0.39, 0.29) is 5.54 Å². The van der Waals surface area contributed by atoms with Gasteiger partial charge in [0.25, 0.3) is 0 Å². The maximum atomic E-state index is 6.12. The number of nitrogens with zero attached hydrogens (tertiary/aromatic N) is 1. The van der Waals surface area contributed by atoms with E-state index >= 15 is 0 Å². The number of nitrogens with two attached hydrogens (primary N) is 1. The summed E-state index contributed by atoms with van der Waals surface area (Å²) in [5.74, 6) is 0. The fourth-order valence-corrected chi connectivity index (χ4v) is 1.58. The molecule has 13 heavy (non-hydrogen) atoms. The van der Waals surface area contributed by atoms with E-state index in [0.29, 0.717) is 0 Å². The lowest BCUT2D eigenvalue weighted by molar-refractivity contribution is 0.420. The van der Waals surface area contributed by atoms with Gasteiger partial charge in [-0.25, -0.2) is 0 Å². The summed E-state index contributed by atoms with van der Waals surface area (Å²) in [6.07, 6.45) is 4.85. The molecule has 0 spiro atoms. The summed E-state index contributed by atoms with van der Waals surface area (Å²) in [6, 6.07) is 5.96. The first-order chi connectivity index (χ1) is 6.14. The summed E-state index contributed by atoms with van der Waals surface area (Å²) in [4.78, 5) is 4.27. The molecule has 0 aliphatic heterocycles. The molecule has 0 aliphatic rings. The molecule has 2 N–H and O–H groups in total.